The van der Waals surface area contributed by atoms with E-state index in [0.29, 0.717) is 196 Å². The molecule has 1 aliphatic heterocycles. The Hall–Kier alpha value is -5.46. The summed E-state index contributed by atoms with van der Waals surface area (Å²) in [4.78, 5) is 77.3. The van der Waals surface area contributed by atoms with E-state index >= 15 is 0 Å². The first-order valence-electron chi connectivity index (χ1n) is 43.1. The van der Waals surface area contributed by atoms with Crippen molar-refractivity contribution in [2.75, 3.05) is 133 Å². The lowest BCUT2D eigenvalue weighted by Crippen LogP contribution is -2.35. The number of rotatable bonds is 58. The predicted molar refractivity (Wildman–Crippen MR) is 472 cm³/mol. The Morgan fingerprint density at radius 2 is 0.836 bits per heavy atom. The van der Waals surface area contributed by atoms with Gasteiger partial charge in [0.2, 0.25) is 11.8 Å². The number of amides is 2. The first-order valence-corrected chi connectivity index (χ1v) is 43.1. The maximum absolute atomic E-state index is 11.3. The molecule has 4 rings (SSSR count). The third-order valence-electron chi connectivity index (χ3n) is 17.3. The number of ether oxygens (including phenoxy) is 8. The highest BCUT2D eigenvalue weighted by Gasteiger charge is 2.27. The number of hydrogen-bond acceptors (Lipinski definition) is 22. The van der Waals surface area contributed by atoms with Gasteiger partial charge in [0.25, 0.3) is 0 Å². The number of carbonyl (C=O) groups excluding carboxylic acids is 7. The number of benzene rings is 3. The van der Waals surface area contributed by atoms with E-state index in [1.807, 2.05) is 96.1 Å². The molecule has 0 bridgehead atoms. The summed E-state index contributed by atoms with van der Waals surface area (Å²) >= 11 is 0. The zero-order chi connectivity index (χ0) is 88.0. The monoisotopic (exact) mass is 1640 g/mol. The van der Waals surface area contributed by atoms with Crippen molar-refractivity contribution in [3.63, 3.8) is 0 Å². The van der Waals surface area contributed by atoms with Gasteiger partial charge in [0.15, 0.2) is 0 Å². The summed E-state index contributed by atoms with van der Waals surface area (Å²) in [7, 11) is 0.458. The maximum atomic E-state index is 11.3. The fourth-order valence-corrected chi connectivity index (χ4v) is 10.4. The molecule has 0 atom stereocenters. The van der Waals surface area contributed by atoms with Crippen LogP contribution in [0.1, 0.15) is 304 Å². The van der Waals surface area contributed by atoms with Gasteiger partial charge in [-0.2, -0.15) is 0 Å². The standard InChI is InChI=1S/C18H34O5.C12H20BNO2.C12H24O2.C10H13BO2.C10H18O2.C9H13BO2.2C9H19NO3/c1-3-8-18(20)10-5-7-12-22-14-16-23-15-13-21-11-6-4-9-17(2)19;1-9(2)10-5-6-11(8-14(3)4)12(7-10)13(15)16;1-3-12(13)10-8-6-5-7-9-11-14-4-2;1-7(2)8-3-4-9-6-13-11(12)10(9)5-8;1-3-10(12)8-6-4-5-7-9(2)11;1-7(2)8-4-3-5-9(6-8)10(11)12;1-3-12-7-8-13-6-4-5-10-9(2)11;1-3-5-12-7-8-13-6-4-10-9(2)11/h3-16H2,1-2H3;5-7,9,15-16H,8H2,1-4H3;3-11H2,1-2H3;3-5,7,12H,6H2,1-2H3;3-8H2,1-2H3;3-7,11-12H,1-2H3;2*3-8H2,1-2H3,(H,10,11). The van der Waals surface area contributed by atoms with E-state index in [9.17, 15) is 48.6 Å². The topological polar surface area (TPSA) is 331 Å². The van der Waals surface area contributed by atoms with Gasteiger partial charge in [-0.3, -0.25) is 24.0 Å². The second kappa shape index (κ2) is 83.2. The highest BCUT2D eigenvalue weighted by Crippen LogP contribution is 2.19. The molecule has 0 fully saturated rings. The van der Waals surface area contributed by atoms with E-state index in [4.69, 9.17) is 52.6 Å². The highest BCUT2D eigenvalue weighted by atomic mass is 16.5. The van der Waals surface area contributed by atoms with Crippen molar-refractivity contribution in [1.29, 1.82) is 0 Å². The van der Waals surface area contributed by atoms with Gasteiger partial charge >= 0.3 is 21.4 Å². The second-order valence-electron chi connectivity index (χ2n) is 29.6. The van der Waals surface area contributed by atoms with E-state index in [1.54, 1.807) is 19.9 Å². The number of fused-ring (bicyclic) bond motifs is 1. The fraction of sp³-hybridized carbons (Fsp3) is 0.719. The van der Waals surface area contributed by atoms with Crippen LogP contribution in [0.3, 0.4) is 0 Å². The number of ketones is 5. The largest absolute Gasteiger partial charge is 0.491 e. The molecule has 2 amide bonds. The minimum absolute atomic E-state index is 0.00863. The van der Waals surface area contributed by atoms with E-state index in [1.165, 1.54) is 38.7 Å². The van der Waals surface area contributed by atoms with Crippen molar-refractivity contribution in [2.45, 2.75) is 289 Å². The molecule has 0 unspecified atom stereocenters. The number of Topliss-reactive ketones (excluding diaryl/α,β-unsaturated/α-hetero) is 5. The van der Waals surface area contributed by atoms with Crippen LogP contribution < -0.4 is 27.0 Å². The molecule has 0 aromatic heterocycles. The zero-order valence-electron chi connectivity index (χ0n) is 75.4. The molecule has 1 aliphatic rings. The number of nitrogens with zero attached hydrogens (tertiary/aromatic N) is 1. The van der Waals surface area contributed by atoms with E-state index in [0.717, 1.165) is 138 Å². The van der Waals surface area contributed by atoms with Gasteiger partial charge in [-0.1, -0.05) is 156 Å². The average molecular weight is 1640 g/mol. The van der Waals surface area contributed by atoms with Crippen molar-refractivity contribution in [3.05, 3.63) is 88.5 Å². The number of unbranched alkanes of at least 4 members (excludes halogenated alkanes) is 8. The lowest BCUT2D eigenvalue weighted by Gasteiger charge is -2.16. The van der Waals surface area contributed by atoms with E-state index < -0.39 is 21.4 Å². The molecular formula is C89H160B3N3O21. The van der Waals surface area contributed by atoms with Gasteiger partial charge in [0, 0.05) is 131 Å². The molecule has 3 aromatic carbocycles. The summed E-state index contributed by atoms with van der Waals surface area (Å²) in [5.41, 5.74) is 7.68. The van der Waals surface area contributed by atoms with Gasteiger partial charge in [0.1, 0.15) is 28.9 Å². The Morgan fingerprint density at radius 1 is 0.431 bits per heavy atom. The van der Waals surface area contributed by atoms with Crippen LogP contribution in [0.4, 0.5) is 0 Å². The zero-order valence-corrected chi connectivity index (χ0v) is 75.4. The molecule has 116 heavy (non-hydrogen) atoms. The minimum Gasteiger partial charge on any atom is -0.423 e. The average Bonchev–Trinajstić information content (AvgIpc) is 1.67. The first kappa shape index (κ1) is 117. The maximum Gasteiger partial charge on any atom is 0.491 e. The van der Waals surface area contributed by atoms with E-state index in [-0.39, 0.29) is 23.4 Å². The van der Waals surface area contributed by atoms with Crippen LogP contribution in [-0.4, -0.2) is 225 Å². The van der Waals surface area contributed by atoms with Crippen LogP contribution in [0.5, 0.6) is 0 Å². The summed E-state index contributed by atoms with van der Waals surface area (Å²) in [5.74, 6) is 2.87. The van der Waals surface area contributed by atoms with Crippen molar-refractivity contribution >= 4 is 78.5 Å². The van der Waals surface area contributed by atoms with Gasteiger partial charge < -0.3 is 92.8 Å². The van der Waals surface area contributed by atoms with Crippen LogP contribution in [-0.2, 0) is 89.3 Å². The Kier molecular flexibility index (Phi) is 83.8. The lowest BCUT2D eigenvalue weighted by molar-refractivity contribution is -0.120. The smallest absolute Gasteiger partial charge is 0.423 e. The molecular weight excluding hydrogens is 1480 g/mol. The Bertz CT molecular complexity index is 2820. The van der Waals surface area contributed by atoms with Crippen molar-refractivity contribution in [2.24, 2.45) is 0 Å². The van der Waals surface area contributed by atoms with Crippen LogP contribution >= 0.6 is 0 Å². The second-order valence-corrected chi connectivity index (χ2v) is 29.6. The highest BCUT2D eigenvalue weighted by molar-refractivity contribution is 6.61. The Labute approximate surface area is 702 Å². The Balaban J connectivity index is -0.000000624. The summed E-state index contributed by atoms with van der Waals surface area (Å²) in [6.45, 7) is 43.9. The van der Waals surface area contributed by atoms with Crippen molar-refractivity contribution in [1.82, 2.24) is 15.5 Å². The summed E-state index contributed by atoms with van der Waals surface area (Å²) in [6.07, 6.45) is 20.8. The third-order valence-corrected chi connectivity index (χ3v) is 17.3. The van der Waals surface area contributed by atoms with E-state index in [2.05, 4.69) is 71.2 Å². The van der Waals surface area contributed by atoms with Gasteiger partial charge in [-0.05, 0) is 174 Å². The first-order chi connectivity index (χ1) is 55.4. The fourth-order valence-electron chi connectivity index (χ4n) is 10.4. The molecule has 7 N–H and O–H groups in total. The molecule has 0 spiro atoms. The summed E-state index contributed by atoms with van der Waals surface area (Å²) < 4.78 is 47.3. The lowest BCUT2D eigenvalue weighted by atomic mass is 9.75. The molecule has 0 aliphatic carbocycles. The Morgan fingerprint density at radius 3 is 1.32 bits per heavy atom. The third kappa shape index (κ3) is 78.4. The SMILES string of the molecule is CC(C)c1ccc(CN(C)C)c(B(O)O)c1.CC(C)c1ccc2c(c1)B(O)OC2.CC(C)c1cccc(B(O)O)c1.CCC(=O)CCCCCC(C)=O.CCCC(=O)CCCCOCCOCCOCCCCC(C)=O.CCCOCCOCCNC(C)=O.CCOCCCCCCCC(=O)CC.CCOCCOCCCNC(C)=O. The van der Waals surface area contributed by atoms with Crippen LogP contribution in [0.15, 0.2) is 60.7 Å². The molecule has 666 valence electrons. The van der Waals surface area contributed by atoms with Crippen LogP contribution in [0.25, 0.3) is 0 Å². The predicted octanol–water partition coefficient (Wildman–Crippen LogP) is 12.4. The summed E-state index contributed by atoms with van der Waals surface area (Å²) in [5, 5.41) is 51.3. The van der Waals surface area contributed by atoms with Gasteiger partial charge in [0.05, 0.1) is 66.1 Å². The number of hydrogen-bond donors (Lipinski definition) is 7. The van der Waals surface area contributed by atoms with Crippen molar-refractivity contribution < 1.29 is 101 Å². The van der Waals surface area contributed by atoms with Crippen LogP contribution in [0.2, 0.25) is 0 Å². The molecule has 0 saturated carbocycles. The summed E-state index contributed by atoms with van der Waals surface area (Å²) in [6, 6.07) is 19.4. The molecule has 0 radical (unpaired) electrons. The van der Waals surface area contributed by atoms with Crippen molar-refractivity contribution in [3.8, 4) is 0 Å². The normalized spacial score (nSPS) is 11.0. The number of carbonyl (C=O) groups is 7. The molecule has 1 heterocycles. The quantitative estimate of drug-likeness (QED) is 0.0204. The van der Waals surface area contributed by atoms with Gasteiger partial charge in [-0.25, -0.2) is 0 Å². The van der Waals surface area contributed by atoms with Crippen LogP contribution in [0, 0.1) is 0 Å². The molecule has 3 aromatic rings. The number of nitrogens with one attached hydrogen (secondary N) is 2. The molecule has 24 nitrogen and oxygen atoms in total. The molecule has 0 saturated heterocycles. The minimum atomic E-state index is -1.39. The molecule has 27 heteroatoms. The van der Waals surface area contributed by atoms with Gasteiger partial charge in [-0.15, -0.1) is 0 Å².